The quantitative estimate of drug-likeness (QED) is 0.427. The second-order valence-electron chi connectivity index (χ2n) is 3.20. The molecule has 2 heterocycles. The molecule has 0 radical (unpaired) electrons. The van der Waals surface area contributed by atoms with Gasteiger partial charge in [0.25, 0.3) is 0 Å². The van der Waals surface area contributed by atoms with Gasteiger partial charge in [-0.15, -0.1) is 0 Å². The van der Waals surface area contributed by atoms with Crippen molar-refractivity contribution in [3.8, 4) is 0 Å². The van der Waals surface area contributed by atoms with E-state index in [0.29, 0.717) is 12.2 Å². The predicted molar refractivity (Wildman–Crippen MR) is 37.9 cm³/mol. The Bertz CT molecular complexity index is 91.8. The summed E-state index contributed by atoms with van der Waals surface area (Å²) in [5.41, 5.74) is 0. The van der Waals surface area contributed by atoms with E-state index in [1.54, 1.807) is 0 Å². The minimum atomic E-state index is 0.625. The number of epoxide rings is 2. The summed E-state index contributed by atoms with van der Waals surface area (Å²) >= 11 is 0. The van der Waals surface area contributed by atoms with Crippen molar-refractivity contribution in [3.63, 3.8) is 0 Å². The highest BCUT2D eigenvalue weighted by molar-refractivity contribution is 4.71. The van der Waals surface area contributed by atoms with Gasteiger partial charge in [-0.2, -0.15) is 0 Å². The highest BCUT2D eigenvalue weighted by Gasteiger charge is 2.23. The van der Waals surface area contributed by atoms with Crippen molar-refractivity contribution in [3.05, 3.63) is 0 Å². The molecule has 0 bridgehead atoms. The molecule has 2 atom stereocenters. The molecule has 0 aliphatic carbocycles. The lowest BCUT2D eigenvalue weighted by molar-refractivity contribution is 0.370. The summed E-state index contributed by atoms with van der Waals surface area (Å²) < 4.78 is 10.2. The van der Waals surface area contributed by atoms with Gasteiger partial charge in [0, 0.05) is 0 Å². The Kier molecular flexibility index (Phi) is 1.91. The molecule has 0 saturated carbocycles. The number of hydrogen-bond acceptors (Lipinski definition) is 2. The Hall–Kier alpha value is -0.0800. The predicted octanol–water partition coefficient (Wildman–Crippen LogP) is 1.34. The zero-order valence-corrected chi connectivity index (χ0v) is 6.21. The molecule has 0 aromatic rings. The number of rotatable bonds is 5. The van der Waals surface area contributed by atoms with Crippen LogP contribution in [0.15, 0.2) is 0 Å². The summed E-state index contributed by atoms with van der Waals surface area (Å²) in [5.74, 6) is 0. The van der Waals surface area contributed by atoms with Crippen LogP contribution in [0.3, 0.4) is 0 Å². The first-order valence-corrected chi connectivity index (χ1v) is 4.18. The molecule has 58 valence electrons. The molecule has 10 heavy (non-hydrogen) atoms. The maximum atomic E-state index is 5.10. The van der Waals surface area contributed by atoms with E-state index in [9.17, 15) is 0 Å². The molecule has 2 nitrogen and oxygen atoms in total. The second-order valence-corrected chi connectivity index (χ2v) is 3.20. The van der Waals surface area contributed by atoms with Gasteiger partial charge in [0.15, 0.2) is 0 Å². The molecule has 0 aromatic carbocycles. The van der Waals surface area contributed by atoms with E-state index in [0.717, 1.165) is 13.2 Å². The minimum absolute atomic E-state index is 0.625. The molecule has 0 unspecified atom stereocenters. The Morgan fingerprint density at radius 1 is 0.900 bits per heavy atom. The van der Waals surface area contributed by atoms with Crippen LogP contribution in [-0.2, 0) is 9.47 Å². The summed E-state index contributed by atoms with van der Waals surface area (Å²) in [4.78, 5) is 0. The lowest BCUT2D eigenvalue weighted by atomic mass is 10.1. The fourth-order valence-electron chi connectivity index (χ4n) is 1.21. The van der Waals surface area contributed by atoms with Crippen molar-refractivity contribution in [2.45, 2.75) is 37.9 Å². The Labute approximate surface area is 61.5 Å². The molecule has 2 aliphatic heterocycles. The van der Waals surface area contributed by atoms with Crippen LogP contribution in [0.1, 0.15) is 25.7 Å². The first-order chi connectivity index (χ1) is 4.95. The van der Waals surface area contributed by atoms with Gasteiger partial charge < -0.3 is 9.47 Å². The third-order valence-corrected chi connectivity index (χ3v) is 2.11. The molecule has 0 N–H and O–H groups in total. The van der Waals surface area contributed by atoms with Crippen LogP contribution in [0.2, 0.25) is 0 Å². The molecular weight excluding hydrogens is 128 g/mol. The summed E-state index contributed by atoms with van der Waals surface area (Å²) in [5, 5.41) is 0. The summed E-state index contributed by atoms with van der Waals surface area (Å²) in [6.07, 6.45) is 6.44. The van der Waals surface area contributed by atoms with Crippen LogP contribution in [0.25, 0.3) is 0 Å². The Morgan fingerprint density at radius 2 is 1.30 bits per heavy atom. The third-order valence-electron chi connectivity index (χ3n) is 2.11. The first-order valence-electron chi connectivity index (χ1n) is 4.18. The van der Waals surface area contributed by atoms with Gasteiger partial charge in [-0.3, -0.25) is 0 Å². The summed E-state index contributed by atoms with van der Waals surface area (Å²) in [7, 11) is 0. The maximum absolute atomic E-state index is 5.10. The topological polar surface area (TPSA) is 25.1 Å². The van der Waals surface area contributed by atoms with Crippen LogP contribution in [0.4, 0.5) is 0 Å². The molecule has 2 aliphatic rings. The lowest BCUT2D eigenvalue weighted by Crippen LogP contribution is -1.88. The molecule has 0 aromatic heterocycles. The normalized spacial score (nSPS) is 36.0. The molecular formula is C8H14O2. The van der Waals surface area contributed by atoms with Crippen molar-refractivity contribution >= 4 is 0 Å². The number of hydrogen-bond donors (Lipinski definition) is 0. The standard InChI is InChI=1S/C8H14O2/c1(3-7-5-9-7)2-4-8-6-10-8/h7-8H,1-6H2/t7-,8+. The minimum Gasteiger partial charge on any atom is -0.373 e. The third kappa shape index (κ3) is 2.27. The van der Waals surface area contributed by atoms with Gasteiger partial charge in [-0.25, -0.2) is 0 Å². The molecule has 2 heteroatoms. The van der Waals surface area contributed by atoms with Gasteiger partial charge in [0.2, 0.25) is 0 Å². The Morgan fingerprint density at radius 3 is 1.60 bits per heavy atom. The van der Waals surface area contributed by atoms with Crippen molar-refractivity contribution in [2.24, 2.45) is 0 Å². The van der Waals surface area contributed by atoms with Crippen LogP contribution < -0.4 is 0 Å². The highest BCUT2D eigenvalue weighted by Crippen LogP contribution is 2.21. The average Bonchev–Trinajstić information content (AvgIpc) is 2.77. The molecule has 0 spiro atoms. The monoisotopic (exact) mass is 142 g/mol. The van der Waals surface area contributed by atoms with Gasteiger partial charge in [0.1, 0.15) is 0 Å². The zero-order valence-electron chi connectivity index (χ0n) is 6.21. The van der Waals surface area contributed by atoms with Crippen LogP contribution >= 0.6 is 0 Å². The Balaban J connectivity index is 1.40. The highest BCUT2D eigenvalue weighted by atomic mass is 16.6. The number of ether oxygens (including phenoxy) is 2. The van der Waals surface area contributed by atoms with Crippen molar-refractivity contribution in [1.82, 2.24) is 0 Å². The average molecular weight is 142 g/mol. The van der Waals surface area contributed by atoms with E-state index in [1.807, 2.05) is 0 Å². The van der Waals surface area contributed by atoms with E-state index in [1.165, 1.54) is 25.7 Å². The van der Waals surface area contributed by atoms with Crippen LogP contribution in [0.5, 0.6) is 0 Å². The van der Waals surface area contributed by atoms with Crippen LogP contribution in [0, 0.1) is 0 Å². The van der Waals surface area contributed by atoms with Gasteiger partial charge in [-0.05, 0) is 12.8 Å². The SMILES string of the molecule is C(CC[C@H]1CO1)C[C@@H]1CO1. The summed E-state index contributed by atoms with van der Waals surface area (Å²) in [6, 6.07) is 0. The molecule has 0 amide bonds. The molecule has 2 fully saturated rings. The number of unbranched alkanes of at least 4 members (excludes halogenated alkanes) is 1. The zero-order chi connectivity index (χ0) is 6.81. The van der Waals surface area contributed by atoms with Gasteiger partial charge in [0.05, 0.1) is 25.4 Å². The maximum Gasteiger partial charge on any atom is 0.0810 e. The fourth-order valence-corrected chi connectivity index (χ4v) is 1.21. The van der Waals surface area contributed by atoms with Gasteiger partial charge in [-0.1, -0.05) is 12.8 Å². The second kappa shape index (κ2) is 2.89. The van der Waals surface area contributed by atoms with Crippen molar-refractivity contribution in [2.75, 3.05) is 13.2 Å². The van der Waals surface area contributed by atoms with Crippen LogP contribution in [-0.4, -0.2) is 25.4 Å². The first kappa shape index (κ1) is 6.62. The lowest BCUT2D eigenvalue weighted by Gasteiger charge is -1.93. The van der Waals surface area contributed by atoms with Crippen molar-refractivity contribution in [1.29, 1.82) is 0 Å². The summed E-state index contributed by atoms with van der Waals surface area (Å²) in [6.45, 7) is 2.03. The fraction of sp³-hybridized carbons (Fsp3) is 1.00. The van der Waals surface area contributed by atoms with E-state index in [-0.39, 0.29) is 0 Å². The van der Waals surface area contributed by atoms with Gasteiger partial charge >= 0.3 is 0 Å². The molecule has 2 rings (SSSR count). The van der Waals surface area contributed by atoms with E-state index >= 15 is 0 Å². The molecule has 2 saturated heterocycles. The largest absolute Gasteiger partial charge is 0.373 e. The van der Waals surface area contributed by atoms with E-state index in [4.69, 9.17) is 9.47 Å². The van der Waals surface area contributed by atoms with Crippen molar-refractivity contribution < 1.29 is 9.47 Å². The smallest absolute Gasteiger partial charge is 0.0810 e. The van der Waals surface area contributed by atoms with E-state index in [2.05, 4.69) is 0 Å². The van der Waals surface area contributed by atoms with E-state index < -0.39 is 0 Å².